The molecule has 0 radical (unpaired) electrons. The molecule has 1 aliphatic rings. The van der Waals surface area contributed by atoms with Gasteiger partial charge >= 0.3 is 0 Å². The Morgan fingerprint density at radius 1 is 0.769 bits per heavy atom. The van der Waals surface area contributed by atoms with Crippen LogP contribution in [-0.4, -0.2) is 0 Å². The Morgan fingerprint density at radius 3 is 1.88 bits per heavy atom. The van der Waals surface area contributed by atoms with Crippen LogP contribution in [-0.2, 0) is 0 Å². The summed E-state index contributed by atoms with van der Waals surface area (Å²) >= 11 is 0. The monoisotopic (exact) mass is 364 g/mol. The van der Waals surface area contributed by atoms with Crippen LogP contribution >= 0.6 is 0 Å². The third-order valence-corrected chi connectivity index (χ3v) is 8.46. The highest BCUT2D eigenvalue weighted by molar-refractivity contribution is 4.98. The van der Waals surface area contributed by atoms with Crippen LogP contribution in [0.1, 0.15) is 120 Å². The number of unbranched alkanes of at least 4 members (excludes halogenated alkanes) is 3. The highest BCUT2D eigenvalue weighted by Crippen LogP contribution is 2.56. The molecule has 8 atom stereocenters. The van der Waals surface area contributed by atoms with Crippen molar-refractivity contribution in [2.45, 2.75) is 120 Å². The molecule has 1 rings (SSSR count). The van der Waals surface area contributed by atoms with Gasteiger partial charge < -0.3 is 0 Å². The first kappa shape index (κ1) is 24.0. The first-order chi connectivity index (χ1) is 12.5. The van der Waals surface area contributed by atoms with Gasteiger partial charge in [0.15, 0.2) is 0 Å². The second kappa shape index (κ2) is 12.5. The van der Waals surface area contributed by atoms with Crippen LogP contribution in [0.5, 0.6) is 0 Å². The zero-order valence-electron chi connectivity index (χ0n) is 19.7. The largest absolute Gasteiger partial charge is 0.0654 e. The topological polar surface area (TPSA) is 0 Å². The maximum absolute atomic E-state index is 2.59. The summed E-state index contributed by atoms with van der Waals surface area (Å²) in [7, 11) is 0. The van der Waals surface area contributed by atoms with Gasteiger partial charge in [-0.05, 0) is 53.8 Å². The van der Waals surface area contributed by atoms with Crippen LogP contribution in [0.3, 0.4) is 0 Å². The second-order valence-electron chi connectivity index (χ2n) is 9.84. The van der Waals surface area contributed by atoms with Crippen molar-refractivity contribution in [2.24, 2.45) is 47.3 Å². The van der Waals surface area contributed by atoms with E-state index in [4.69, 9.17) is 0 Å². The number of rotatable bonds is 15. The van der Waals surface area contributed by atoms with Crippen LogP contribution in [0.25, 0.3) is 0 Å². The van der Waals surface area contributed by atoms with E-state index in [-0.39, 0.29) is 0 Å². The first-order valence-corrected chi connectivity index (χ1v) is 12.5. The van der Waals surface area contributed by atoms with E-state index in [9.17, 15) is 0 Å². The first-order valence-electron chi connectivity index (χ1n) is 12.5. The molecule has 26 heavy (non-hydrogen) atoms. The van der Waals surface area contributed by atoms with E-state index < -0.39 is 0 Å². The third-order valence-electron chi connectivity index (χ3n) is 8.46. The van der Waals surface area contributed by atoms with Crippen molar-refractivity contribution in [3.63, 3.8) is 0 Å². The molecule has 0 N–H and O–H groups in total. The minimum atomic E-state index is 0.889. The molecule has 8 unspecified atom stereocenters. The van der Waals surface area contributed by atoms with E-state index >= 15 is 0 Å². The van der Waals surface area contributed by atoms with Crippen molar-refractivity contribution in [2.75, 3.05) is 0 Å². The maximum Gasteiger partial charge on any atom is -0.0324 e. The molecule has 0 bridgehead atoms. The summed E-state index contributed by atoms with van der Waals surface area (Å²) in [6.07, 6.45) is 14.2. The predicted octanol–water partition coefficient (Wildman–Crippen LogP) is 8.99. The van der Waals surface area contributed by atoms with Crippen LogP contribution in [0.2, 0.25) is 0 Å². The molecule has 0 spiro atoms. The molecule has 0 aromatic carbocycles. The minimum absolute atomic E-state index is 0.889. The van der Waals surface area contributed by atoms with E-state index in [2.05, 4.69) is 55.4 Å². The van der Waals surface area contributed by atoms with E-state index in [1.165, 1.54) is 64.2 Å². The second-order valence-corrected chi connectivity index (χ2v) is 9.84. The van der Waals surface area contributed by atoms with Crippen LogP contribution in [0.4, 0.5) is 0 Å². The van der Waals surface area contributed by atoms with Gasteiger partial charge in [-0.15, -0.1) is 0 Å². The molecule has 0 aromatic heterocycles. The average molecular weight is 365 g/mol. The molecule has 0 heteroatoms. The summed E-state index contributed by atoms with van der Waals surface area (Å²) in [5.41, 5.74) is 0. The van der Waals surface area contributed by atoms with Crippen molar-refractivity contribution >= 4 is 0 Å². The molecule has 0 aromatic rings. The van der Waals surface area contributed by atoms with Crippen molar-refractivity contribution in [1.29, 1.82) is 0 Å². The van der Waals surface area contributed by atoms with Crippen molar-refractivity contribution in [3.05, 3.63) is 0 Å². The fourth-order valence-electron chi connectivity index (χ4n) is 6.34. The smallest absolute Gasteiger partial charge is 0.0324 e. The Morgan fingerprint density at radius 2 is 1.42 bits per heavy atom. The number of hydrogen-bond donors (Lipinski definition) is 0. The molecule has 156 valence electrons. The molecule has 1 aliphatic carbocycles. The molecule has 1 saturated carbocycles. The zero-order chi connectivity index (χ0) is 19.7. The Balaban J connectivity index is 2.58. The Kier molecular flexibility index (Phi) is 11.5. The van der Waals surface area contributed by atoms with Gasteiger partial charge in [-0.25, -0.2) is 0 Å². The van der Waals surface area contributed by atoms with E-state index in [0.717, 1.165) is 47.3 Å². The normalized spacial score (nSPS) is 28.4. The van der Waals surface area contributed by atoms with Gasteiger partial charge in [0.1, 0.15) is 0 Å². The fraction of sp³-hybridized carbons (Fsp3) is 1.00. The van der Waals surface area contributed by atoms with Gasteiger partial charge in [-0.1, -0.05) is 113 Å². The van der Waals surface area contributed by atoms with E-state index in [1.807, 2.05) is 0 Å². The maximum atomic E-state index is 2.59. The average Bonchev–Trinajstić information content (AvgIpc) is 3.29. The SMILES string of the molecule is CCCCCCC(CC)C(CC)CC(C)C(C)C(CC)C1C(C)C1CC. The predicted molar refractivity (Wildman–Crippen MR) is 119 cm³/mol. The molecular formula is C26H52. The summed E-state index contributed by atoms with van der Waals surface area (Å²) in [6.45, 7) is 19.7. The van der Waals surface area contributed by atoms with Crippen molar-refractivity contribution < 1.29 is 0 Å². The molecule has 1 fully saturated rings. The van der Waals surface area contributed by atoms with Crippen molar-refractivity contribution in [1.82, 2.24) is 0 Å². The Labute approximate surface area is 167 Å². The van der Waals surface area contributed by atoms with Crippen LogP contribution < -0.4 is 0 Å². The summed E-state index contributed by atoms with van der Waals surface area (Å²) in [6, 6.07) is 0. The van der Waals surface area contributed by atoms with E-state index in [0.29, 0.717) is 0 Å². The lowest BCUT2D eigenvalue weighted by atomic mass is 9.72. The minimum Gasteiger partial charge on any atom is -0.0654 e. The van der Waals surface area contributed by atoms with Gasteiger partial charge in [-0.3, -0.25) is 0 Å². The molecular weight excluding hydrogens is 312 g/mol. The summed E-state index contributed by atoms with van der Waals surface area (Å²) in [4.78, 5) is 0. The number of hydrogen-bond acceptors (Lipinski definition) is 0. The molecule has 0 heterocycles. The summed E-state index contributed by atoms with van der Waals surface area (Å²) < 4.78 is 0. The van der Waals surface area contributed by atoms with Gasteiger partial charge in [-0.2, -0.15) is 0 Å². The van der Waals surface area contributed by atoms with Crippen LogP contribution in [0, 0.1) is 47.3 Å². The molecule has 0 amide bonds. The Hall–Kier alpha value is 0. The molecule has 0 saturated heterocycles. The summed E-state index contributed by atoms with van der Waals surface area (Å²) in [5.74, 6) is 7.72. The third kappa shape index (κ3) is 6.56. The highest BCUT2D eigenvalue weighted by atomic mass is 14.6. The standard InChI is InChI=1S/C26H52/c1-9-14-15-16-17-22(10-2)23(11-3)18-19(6)20(7)24(12-4)26-21(8)25(26)13-5/h19-26H,9-18H2,1-8H3. The lowest BCUT2D eigenvalue weighted by Gasteiger charge is -2.34. The fourth-order valence-corrected chi connectivity index (χ4v) is 6.34. The molecule has 0 nitrogen and oxygen atoms in total. The van der Waals surface area contributed by atoms with Gasteiger partial charge in [0.05, 0.1) is 0 Å². The lowest BCUT2D eigenvalue weighted by molar-refractivity contribution is 0.159. The van der Waals surface area contributed by atoms with Gasteiger partial charge in [0.25, 0.3) is 0 Å². The zero-order valence-corrected chi connectivity index (χ0v) is 19.7. The highest BCUT2D eigenvalue weighted by Gasteiger charge is 2.50. The van der Waals surface area contributed by atoms with Gasteiger partial charge in [0, 0.05) is 0 Å². The van der Waals surface area contributed by atoms with Gasteiger partial charge in [0.2, 0.25) is 0 Å². The van der Waals surface area contributed by atoms with E-state index in [1.54, 1.807) is 0 Å². The van der Waals surface area contributed by atoms with Crippen LogP contribution in [0.15, 0.2) is 0 Å². The molecule has 0 aliphatic heterocycles. The Bertz CT molecular complexity index is 346. The lowest BCUT2D eigenvalue weighted by Crippen LogP contribution is -2.25. The quantitative estimate of drug-likeness (QED) is 0.254. The van der Waals surface area contributed by atoms with Crippen molar-refractivity contribution in [3.8, 4) is 0 Å². The summed E-state index contributed by atoms with van der Waals surface area (Å²) in [5, 5.41) is 0.